The highest BCUT2D eigenvalue weighted by molar-refractivity contribution is 5.60. The Balaban J connectivity index is 0. The summed E-state index contributed by atoms with van der Waals surface area (Å²) in [5.41, 5.74) is -0.258. The van der Waals surface area contributed by atoms with Gasteiger partial charge in [0.2, 0.25) is 0 Å². The smallest absolute Gasteiger partial charge is 0.435 e. The molecule has 0 unspecified atom stereocenters. The van der Waals surface area contributed by atoms with Gasteiger partial charge in [0.05, 0.1) is 6.61 Å². The molecule has 1 rings (SSSR count). The summed E-state index contributed by atoms with van der Waals surface area (Å²) in [6.07, 6.45) is 3.70. The molecule has 0 aromatic rings. The van der Waals surface area contributed by atoms with Gasteiger partial charge in [0.15, 0.2) is 0 Å². The number of carbonyl (C=O) groups is 1. The van der Waals surface area contributed by atoms with E-state index >= 15 is 0 Å². The van der Waals surface area contributed by atoms with Gasteiger partial charge >= 0.3 is 6.16 Å². The first-order chi connectivity index (χ1) is 7.66. The minimum Gasteiger partial charge on any atom is -0.435 e. The Labute approximate surface area is 101 Å². The van der Waals surface area contributed by atoms with Crippen LogP contribution >= 0.6 is 0 Å². The quantitative estimate of drug-likeness (QED) is 0.655. The van der Waals surface area contributed by atoms with Crippen LogP contribution in [0.15, 0.2) is 0 Å². The van der Waals surface area contributed by atoms with Crippen molar-refractivity contribution in [3.8, 4) is 0 Å². The van der Waals surface area contributed by atoms with Crippen LogP contribution in [0.25, 0.3) is 0 Å². The molecule has 0 amide bonds. The summed E-state index contributed by atoms with van der Waals surface area (Å²) in [6.45, 7) is 12.1. The maximum absolute atomic E-state index is 11.0. The summed E-state index contributed by atoms with van der Waals surface area (Å²) in [5.74, 6) is 0. The minimum absolute atomic E-state index is 0.258. The third kappa shape index (κ3) is 7.55. The number of rotatable bonds is 2. The Morgan fingerprint density at radius 1 is 1.12 bits per heavy atom. The largest absolute Gasteiger partial charge is 0.508 e. The Morgan fingerprint density at radius 3 is 1.94 bits per heavy atom. The zero-order valence-corrected chi connectivity index (χ0v) is 11.8. The second-order valence-electron chi connectivity index (χ2n) is 3.44. The van der Waals surface area contributed by atoms with Gasteiger partial charge < -0.3 is 9.47 Å². The van der Waals surface area contributed by atoms with E-state index in [0.29, 0.717) is 6.61 Å². The third-order valence-electron chi connectivity index (χ3n) is 2.25. The van der Waals surface area contributed by atoms with Crippen LogP contribution in [0.1, 0.15) is 67.2 Å². The van der Waals surface area contributed by atoms with Crippen molar-refractivity contribution in [2.75, 3.05) is 6.61 Å². The molecule has 0 spiro atoms. The standard InChI is InChI=1S/C9H16O3.2C2H6/c1-3-11-8(10)12-9(2)6-4-5-7-9;2*1-2/h3-7H2,1-2H3;2*1-2H3. The number of ether oxygens (including phenoxy) is 2. The van der Waals surface area contributed by atoms with Gasteiger partial charge in [0.1, 0.15) is 5.60 Å². The molecule has 0 saturated heterocycles. The lowest BCUT2D eigenvalue weighted by molar-refractivity contribution is -0.0202. The Kier molecular flexibility index (Phi) is 11.9. The van der Waals surface area contributed by atoms with Crippen LogP contribution in [-0.2, 0) is 9.47 Å². The van der Waals surface area contributed by atoms with E-state index in [1.165, 1.54) is 0 Å². The monoisotopic (exact) mass is 232 g/mol. The molecule has 0 bridgehead atoms. The van der Waals surface area contributed by atoms with Crippen molar-refractivity contribution < 1.29 is 14.3 Å². The van der Waals surface area contributed by atoms with Crippen molar-refractivity contribution in [2.45, 2.75) is 72.8 Å². The molecule has 1 aliphatic rings. The zero-order valence-electron chi connectivity index (χ0n) is 11.8. The van der Waals surface area contributed by atoms with Gasteiger partial charge in [-0.05, 0) is 39.5 Å². The van der Waals surface area contributed by atoms with Gasteiger partial charge in [-0.15, -0.1) is 0 Å². The van der Waals surface area contributed by atoms with E-state index in [-0.39, 0.29) is 5.60 Å². The summed E-state index contributed by atoms with van der Waals surface area (Å²) in [7, 11) is 0. The molecule has 0 heterocycles. The summed E-state index contributed by atoms with van der Waals surface area (Å²) >= 11 is 0. The Morgan fingerprint density at radius 2 is 1.56 bits per heavy atom. The molecule has 0 aromatic heterocycles. The van der Waals surface area contributed by atoms with E-state index in [0.717, 1.165) is 25.7 Å². The van der Waals surface area contributed by atoms with Crippen LogP contribution in [0.4, 0.5) is 4.79 Å². The maximum Gasteiger partial charge on any atom is 0.508 e. The molecule has 1 saturated carbocycles. The molecular formula is C13H28O3. The van der Waals surface area contributed by atoms with Crippen LogP contribution < -0.4 is 0 Å². The van der Waals surface area contributed by atoms with E-state index in [1.807, 2.05) is 34.6 Å². The maximum atomic E-state index is 11.0. The number of hydrogen-bond acceptors (Lipinski definition) is 3. The average Bonchev–Trinajstić information content (AvgIpc) is 2.71. The van der Waals surface area contributed by atoms with Crippen molar-refractivity contribution in [1.29, 1.82) is 0 Å². The first-order valence-corrected chi connectivity index (χ1v) is 6.52. The van der Waals surface area contributed by atoms with Crippen molar-refractivity contribution in [1.82, 2.24) is 0 Å². The predicted octanol–water partition coefficient (Wildman–Crippen LogP) is 4.54. The molecule has 0 aliphatic heterocycles. The molecule has 0 atom stereocenters. The molecule has 1 fully saturated rings. The second kappa shape index (κ2) is 10.8. The molecule has 3 heteroatoms. The minimum atomic E-state index is -0.526. The van der Waals surface area contributed by atoms with Crippen LogP contribution in [0.5, 0.6) is 0 Å². The summed E-state index contributed by atoms with van der Waals surface area (Å²) < 4.78 is 9.89. The second-order valence-corrected chi connectivity index (χ2v) is 3.44. The lowest BCUT2D eigenvalue weighted by Crippen LogP contribution is -2.28. The summed E-state index contributed by atoms with van der Waals surface area (Å²) in [6, 6.07) is 0. The highest BCUT2D eigenvalue weighted by atomic mass is 16.7. The SMILES string of the molecule is CC.CC.CCOC(=O)OC1(C)CCCC1. The van der Waals surface area contributed by atoms with Crippen molar-refractivity contribution in [2.24, 2.45) is 0 Å². The topological polar surface area (TPSA) is 35.5 Å². The predicted molar refractivity (Wildman–Crippen MR) is 67.7 cm³/mol. The van der Waals surface area contributed by atoms with E-state index in [1.54, 1.807) is 6.92 Å². The highest BCUT2D eigenvalue weighted by Crippen LogP contribution is 2.32. The molecule has 0 N–H and O–H groups in total. The lowest BCUT2D eigenvalue weighted by atomic mass is 10.1. The van der Waals surface area contributed by atoms with Gasteiger partial charge in [-0.1, -0.05) is 27.7 Å². The van der Waals surface area contributed by atoms with Gasteiger partial charge in [0.25, 0.3) is 0 Å². The van der Waals surface area contributed by atoms with Crippen LogP contribution in [0.2, 0.25) is 0 Å². The van der Waals surface area contributed by atoms with Gasteiger partial charge in [-0.25, -0.2) is 4.79 Å². The van der Waals surface area contributed by atoms with E-state index < -0.39 is 6.16 Å². The summed E-state index contributed by atoms with van der Waals surface area (Å²) in [5, 5.41) is 0. The fraction of sp³-hybridized carbons (Fsp3) is 0.923. The first-order valence-electron chi connectivity index (χ1n) is 6.52. The zero-order chi connectivity index (χ0) is 13.0. The number of carbonyl (C=O) groups excluding carboxylic acids is 1. The Bertz CT molecular complexity index is 161. The summed E-state index contributed by atoms with van der Waals surface area (Å²) in [4.78, 5) is 11.0. The third-order valence-corrected chi connectivity index (χ3v) is 2.25. The fourth-order valence-corrected chi connectivity index (χ4v) is 1.57. The van der Waals surface area contributed by atoms with Crippen LogP contribution in [0, 0.1) is 0 Å². The molecule has 98 valence electrons. The molecule has 1 aliphatic carbocycles. The van der Waals surface area contributed by atoms with Gasteiger partial charge in [-0.3, -0.25) is 0 Å². The van der Waals surface area contributed by atoms with Crippen LogP contribution in [0.3, 0.4) is 0 Å². The van der Waals surface area contributed by atoms with Crippen molar-refractivity contribution in [3.63, 3.8) is 0 Å². The van der Waals surface area contributed by atoms with Gasteiger partial charge in [-0.2, -0.15) is 0 Å². The van der Waals surface area contributed by atoms with E-state index in [2.05, 4.69) is 0 Å². The average molecular weight is 232 g/mol. The van der Waals surface area contributed by atoms with E-state index in [4.69, 9.17) is 9.47 Å². The lowest BCUT2D eigenvalue weighted by Gasteiger charge is -2.22. The van der Waals surface area contributed by atoms with E-state index in [9.17, 15) is 4.79 Å². The van der Waals surface area contributed by atoms with Crippen LogP contribution in [-0.4, -0.2) is 18.4 Å². The fourth-order valence-electron chi connectivity index (χ4n) is 1.57. The molecule has 0 aromatic carbocycles. The molecular weight excluding hydrogens is 204 g/mol. The first kappa shape index (κ1) is 17.7. The highest BCUT2D eigenvalue weighted by Gasteiger charge is 2.32. The number of hydrogen-bond donors (Lipinski definition) is 0. The van der Waals surface area contributed by atoms with Gasteiger partial charge in [0, 0.05) is 0 Å². The molecule has 16 heavy (non-hydrogen) atoms. The van der Waals surface area contributed by atoms with Crippen molar-refractivity contribution >= 4 is 6.16 Å². The Hall–Kier alpha value is -0.730. The normalized spacial score (nSPS) is 16.1. The van der Waals surface area contributed by atoms with Crippen molar-refractivity contribution in [3.05, 3.63) is 0 Å². The molecule has 3 nitrogen and oxygen atoms in total. The molecule has 0 radical (unpaired) electrons.